The van der Waals surface area contributed by atoms with Gasteiger partial charge in [0.15, 0.2) is 0 Å². The Balaban J connectivity index is 1.35. The first kappa shape index (κ1) is 21.8. The lowest BCUT2D eigenvalue weighted by molar-refractivity contribution is -0.140. The summed E-state index contributed by atoms with van der Waals surface area (Å²) < 4.78 is 0. The van der Waals surface area contributed by atoms with Gasteiger partial charge >= 0.3 is 6.03 Å². The second kappa shape index (κ2) is 8.99. The van der Waals surface area contributed by atoms with E-state index in [1.165, 1.54) is 10.5 Å². The van der Waals surface area contributed by atoms with E-state index in [0.717, 1.165) is 38.9 Å². The molecule has 1 aromatic rings. The molecule has 0 bridgehead atoms. The molecule has 0 radical (unpaired) electrons. The molecule has 3 fully saturated rings. The van der Waals surface area contributed by atoms with Crippen LogP contribution in [0.25, 0.3) is 0 Å². The summed E-state index contributed by atoms with van der Waals surface area (Å²) in [6.45, 7) is 7.50. The number of hydrogen-bond donors (Lipinski definition) is 1. The summed E-state index contributed by atoms with van der Waals surface area (Å²) in [5, 5.41) is 3.03. The maximum Gasteiger partial charge on any atom is 0.325 e. The smallest absolute Gasteiger partial charge is 0.325 e. The van der Waals surface area contributed by atoms with Crippen molar-refractivity contribution < 1.29 is 14.4 Å². The number of likely N-dealkylation sites (tertiary alicyclic amines) is 2. The fraction of sp³-hybridized carbons (Fsp3) is 0.625. The van der Waals surface area contributed by atoms with Gasteiger partial charge in [0.2, 0.25) is 5.91 Å². The molecule has 1 aromatic carbocycles. The molecule has 0 aromatic heterocycles. The number of piperidine rings is 2. The highest BCUT2D eigenvalue weighted by atomic mass is 16.2. The van der Waals surface area contributed by atoms with Crippen LogP contribution in [0.4, 0.5) is 4.79 Å². The molecule has 3 saturated heterocycles. The minimum Gasteiger partial charge on any atom is -0.340 e. The molecule has 4 amide bonds. The average molecular weight is 427 g/mol. The Labute approximate surface area is 184 Å². The van der Waals surface area contributed by atoms with E-state index in [1.807, 2.05) is 24.8 Å². The number of nitrogens with zero attached hydrogens (tertiary/aromatic N) is 3. The number of carbonyl (C=O) groups excluding carboxylic acids is 3. The van der Waals surface area contributed by atoms with E-state index < -0.39 is 5.54 Å². The van der Waals surface area contributed by atoms with Crippen LogP contribution in [0.15, 0.2) is 30.3 Å². The van der Waals surface area contributed by atoms with E-state index in [2.05, 4.69) is 34.5 Å². The van der Waals surface area contributed by atoms with E-state index in [9.17, 15) is 14.4 Å². The molecular formula is C24H34N4O3. The molecule has 31 heavy (non-hydrogen) atoms. The first-order valence-electron chi connectivity index (χ1n) is 11.6. The predicted molar refractivity (Wildman–Crippen MR) is 118 cm³/mol. The zero-order valence-corrected chi connectivity index (χ0v) is 18.7. The van der Waals surface area contributed by atoms with Crippen LogP contribution in [0.3, 0.4) is 0 Å². The largest absolute Gasteiger partial charge is 0.340 e. The van der Waals surface area contributed by atoms with Crippen molar-refractivity contribution in [1.82, 2.24) is 20.0 Å². The molecule has 4 rings (SSSR count). The van der Waals surface area contributed by atoms with Crippen molar-refractivity contribution in [3.8, 4) is 0 Å². The molecule has 1 N–H and O–H groups in total. The zero-order chi connectivity index (χ0) is 22.0. The second-order valence-corrected chi connectivity index (χ2v) is 9.50. The van der Waals surface area contributed by atoms with E-state index >= 15 is 0 Å². The molecule has 0 saturated carbocycles. The maximum atomic E-state index is 13.4. The summed E-state index contributed by atoms with van der Waals surface area (Å²) in [4.78, 5) is 44.3. The summed E-state index contributed by atoms with van der Waals surface area (Å²) in [6, 6.07) is 9.92. The number of rotatable bonds is 5. The van der Waals surface area contributed by atoms with Crippen LogP contribution in [0.1, 0.15) is 45.1 Å². The number of nitrogens with one attached hydrogen (secondary N) is 1. The molecule has 0 aliphatic carbocycles. The number of hydrogen-bond acceptors (Lipinski definition) is 4. The first-order chi connectivity index (χ1) is 14.9. The molecule has 3 aliphatic rings. The minimum absolute atomic E-state index is 0.0755. The highest BCUT2D eigenvalue weighted by Gasteiger charge is 2.54. The second-order valence-electron chi connectivity index (χ2n) is 9.50. The molecule has 1 atom stereocenters. The Morgan fingerprint density at radius 3 is 2.52 bits per heavy atom. The monoisotopic (exact) mass is 426 g/mol. The van der Waals surface area contributed by atoms with E-state index in [0.29, 0.717) is 25.9 Å². The average Bonchev–Trinajstić information content (AvgIpc) is 3.02. The molecule has 0 unspecified atom stereocenters. The third kappa shape index (κ3) is 4.47. The van der Waals surface area contributed by atoms with Crippen molar-refractivity contribution >= 4 is 17.8 Å². The quantitative estimate of drug-likeness (QED) is 0.733. The highest BCUT2D eigenvalue weighted by Crippen LogP contribution is 2.32. The highest BCUT2D eigenvalue weighted by molar-refractivity contribution is 6.07. The van der Waals surface area contributed by atoms with E-state index in [-0.39, 0.29) is 29.8 Å². The Hall–Kier alpha value is -2.41. The Kier molecular flexibility index (Phi) is 6.32. The third-order valence-electron chi connectivity index (χ3n) is 7.03. The van der Waals surface area contributed by atoms with Crippen molar-refractivity contribution in [2.75, 3.05) is 32.7 Å². The number of imide groups is 1. The van der Waals surface area contributed by atoms with Crippen LogP contribution >= 0.6 is 0 Å². The first-order valence-corrected chi connectivity index (χ1v) is 11.6. The lowest BCUT2D eigenvalue weighted by Crippen LogP contribution is -2.56. The number of amides is 4. The molecule has 3 heterocycles. The van der Waals surface area contributed by atoms with E-state index in [4.69, 9.17) is 0 Å². The van der Waals surface area contributed by atoms with Crippen LogP contribution in [0.2, 0.25) is 0 Å². The molecule has 7 nitrogen and oxygen atoms in total. The SMILES string of the molecule is CC(C)C(=O)N1CCC[C@H](N2C(=O)NC3(CCN(CCc4ccccc4)CC3)C2=O)C1. The Morgan fingerprint density at radius 1 is 1.13 bits per heavy atom. The third-order valence-corrected chi connectivity index (χ3v) is 7.03. The summed E-state index contributed by atoms with van der Waals surface area (Å²) in [6.07, 6.45) is 3.86. The van der Waals surface area contributed by atoms with Crippen LogP contribution in [-0.2, 0) is 16.0 Å². The number of urea groups is 1. The van der Waals surface area contributed by atoms with Crippen molar-refractivity contribution in [3.05, 3.63) is 35.9 Å². The predicted octanol–water partition coefficient (Wildman–Crippen LogP) is 2.26. The fourth-order valence-corrected chi connectivity index (χ4v) is 5.13. The van der Waals surface area contributed by atoms with Gasteiger partial charge in [-0.1, -0.05) is 44.2 Å². The molecular weight excluding hydrogens is 392 g/mol. The van der Waals surface area contributed by atoms with Crippen LogP contribution in [-0.4, -0.2) is 76.8 Å². The van der Waals surface area contributed by atoms with Crippen LogP contribution in [0.5, 0.6) is 0 Å². The van der Waals surface area contributed by atoms with E-state index in [1.54, 1.807) is 0 Å². The lowest BCUT2D eigenvalue weighted by atomic mass is 9.87. The van der Waals surface area contributed by atoms with Crippen molar-refractivity contribution in [1.29, 1.82) is 0 Å². The van der Waals surface area contributed by atoms with Crippen molar-refractivity contribution in [2.45, 2.75) is 57.5 Å². The summed E-state index contributed by atoms with van der Waals surface area (Å²) in [5.41, 5.74) is 0.544. The summed E-state index contributed by atoms with van der Waals surface area (Å²) in [7, 11) is 0. The van der Waals surface area contributed by atoms with Gasteiger partial charge in [-0.3, -0.25) is 14.5 Å². The standard InChI is InChI=1S/C24H34N4O3/c1-18(2)21(29)27-13-6-9-20(17-27)28-22(30)24(25-23(28)31)11-15-26(16-12-24)14-10-19-7-4-3-5-8-19/h3-5,7-8,18,20H,6,9-17H2,1-2H3,(H,25,31)/t20-/m0/s1. The fourth-order valence-electron chi connectivity index (χ4n) is 5.13. The van der Waals surface area contributed by atoms with Gasteiger partial charge in [-0.05, 0) is 37.7 Å². The lowest BCUT2D eigenvalue weighted by Gasteiger charge is -2.39. The van der Waals surface area contributed by atoms with Crippen LogP contribution < -0.4 is 5.32 Å². The zero-order valence-electron chi connectivity index (χ0n) is 18.7. The molecule has 3 aliphatic heterocycles. The molecule has 1 spiro atoms. The number of benzene rings is 1. The summed E-state index contributed by atoms with van der Waals surface area (Å²) >= 11 is 0. The van der Waals surface area contributed by atoms with Gasteiger partial charge in [0, 0.05) is 38.6 Å². The van der Waals surface area contributed by atoms with Gasteiger partial charge in [0.1, 0.15) is 5.54 Å². The number of carbonyl (C=O) groups is 3. The van der Waals surface area contributed by atoms with Gasteiger partial charge in [0.05, 0.1) is 6.04 Å². The normalized spacial score (nSPS) is 24.2. The van der Waals surface area contributed by atoms with Crippen molar-refractivity contribution in [3.63, 3.8) is 0 Å². The maximum absolute atomic E-state index is 13.4. The van der Waals surface area contributed by atoms with Gasteiger partial charge in [0.25, 0.3) is 5.91 Å². The molecule has 168 valence electrons. The Bertz CT molecular complexity index is 817. The molecule has 7 heteroatoms. The van der Waals surface area contributed by atoms with Gasteiger partial charge in [-0.15, -0.1) is 0 Å². The minimum atomic E-state index is -0.773. The van der Waals surface area contributed by atoms with Gasteiger partial charge in [-0.25, -0.2) is 4.79 Å². The van der Waals surface area contributed by atoms with Crippen LogP contribution in [0, 0.1) is 5.92 Å². The summed E-state index contributed by atoms with van der Waals surface area (Å²) in [5.74, 6) is -0.0735. The Morgan fingerprint density at radius 2 is 1.84 bits per heavy atom. The van der Waals surface area contributed by atoms with Crippen molar-refractivity contribution in [2.24, 2.45) is 5.92 Å². The topological polar surface area (TPSA) is 73.0 Å². The van der Waals surface area contributed by atoms with Gasteiger partial charge in [-0.2, -0.15) is 0 Å². The van der Waals surface area contributed by atoms with Gasteiger partial charge < -0.3 is 15.1 Å².